The lowest BCUT2D eigenvalue weighted by atomic mass is 10.3. The Bertz CT molecular complexity index is 820. The smallest absolute Gasteiger partial charge is 0.183 e. The van der Waals surface area contributed by atoms with Crippen LogP contribution in [0.4, 0.5) is 23.0 Å². The molecule has 0 saturated carbocycles. The van der Waals surface area contributed by atoms with Gasteiger partial charge in [0.1, 0.15) is 17.5 Å². The maximum atomic E-state index is 8.70. The van der Waals surface area contributed by atoms with E-state index in [1.54, 1.807) is 0 Å². The monoisotopic (exact) mass is 367 g/mol. The van der Waals surface area contributed by atoms with Crippen LogP contribution in [0, 0.1) is 18.4 Å². The van der Waals surface area contributed by atoms with Gasteiger partial charge in [-0.15, -0.1) is 0 Å². The molecule has 7 nitrogen and oxygen atoms in total. The number of hydrogen-bond donors (Lipinski definition) is 2. The van der Waals surface area contributed by atoms with Gasteiger partial charge in [0.15, 0.2) is 11.4 Å². The predicted molar refractivity (Wildman–Crippen MR) is 107 cm³/mol. The minimum Gasteiger partial charge on any atom is -0.356 e. The highest BCUT2D eigenvalue weighted by Gasteiger charge is 2.15. The zero-order valence-electron chi connectivity index (χ0n) is 14.9. The first-order valence-corrected chi connectivity index (χ1v) is 9.66. The molecule has 0 spiro atoms. The van der Waals surface area contributed by atoms with Crippen molar-refractivity contribution < 1.29 is 0 Å². The molecule has 0 radical (unpaired) electrons. The first-order chi connectivity index (χ1) is 12.7. The van der Waals surface area contributed by atoms with Gasteiger partial charge in [-0.05, 0) is 50.3 Å². The molecular formula is C18H21N7S. The molecule has 1 aromatic carbocycles. The van der Waals surface area contributed by atoms with Crippen LogP contribution in [0.2, 0.25) is 0 Å². The van der Waals surface area contributed by atoms with Gasteiger partial charge < -0.3 is 10.2 Å². The highest BCUT2D eigenvalue weighted by Crippen LogP contribution is 2.24. The predicted octanol–water partition coefficient (Wildman–Crippen LogP) is 3.55. The second-order valence-corrected chi connectivity index (χ2v) is 6.68. The van der Waals surface area contributed by atoms with E-state index in [4.69, 9.17) is 5.26 Å². The van der Waals surface area contributed by atoms with Gasteiger partial charge in [0, 0.05) is 24.8 Å². The number of benzene rings is 1. The summed E-state index contributed by atoms with van der Waals surface area (Å²) in [5, 5.41) is 15.1. The summed E-state index contributed by atoms with van der Waals surface area (Å²) in [5.41, 5.74) is 1.70. The molecule has 0 atom stereocenters. The average Bonchev–Trinajstić information content (AvgIpc) is 3.17. The third-order valence-corrected chi connectivity index (χ3v) is 4.56. The van der Waals surface area contributed by atoms with Crippen molar-refractivity contribution in [2.45, 2.75) is 19.8 Å². The third kappa shape index (κ3) is 4.64. The average molecular weight is 367 g/mol. The first kappa shape index (κ1) is 18.0. The minimum atomic E-state index is 0.565. The van der Waals surface area contributed by atoms with Gasteiger partial charge in [-0.25, -0.2) is 15.0 Å². The normalized spacial score (nSPS) is 14.2. The number of hydrogen-bond acceptors (Lipinski definition) is 7. The minimum absolute atomic E-state index is 0.565. The SMILES string of the molecule is CSC(=Nc1ccc(Nc2cc(N3CCCC3)nc(C)n2)cc1)NC#N. The Morgan fingerprint density at radius 1 is 1.23 bits per heavy atom. The molecule has 1 aliphatic rings. The Labute approximate surface area is 157 Å². The fraction of sp³-hybridized carbons (Fsp3) is 0.333. The lowest BCUT2D eigenvalue weighted by Gasteiger charge is -2.17. The second kappa shape index (κ2) is 8.54. The van der Waals surface area contributed by atoms with E-state index in [-0.39, 0.29) is 0 Å². The molecule has 2 heterocycles. The van der Waals surface area contributed by atoms with Crippen LogP contribution in [0.25, 0.3) is 0 Å². The van der Waals surface area contributed by atoms with Crippen molar-refractivity contribution >= 4 is 39.9 Å². The largest absolute Gasteiger partial charge is 0.356 e. The van der Waals surface area contributed by atoms with Gasteiger partial charge in [0.05, 0.1) is 5.69 Å². The molecule has 8 heteroatoms. The van der Waals surface area contributed by atoms with Gasteiger partial charge >= 0.3 is 0 Å². The number of rotatable bonds is 4. The molecule has 1 saturated heterocycles. The quantitative estimate of drug-likeness (QED) is 0.370. The standard InChI is InChI=1S/C18H21N7S/c1-13-21-16(11-17(22-13)25-9-3-4-10-25)23-14-5-7-15(8-6-14)24-18(26-2)20-12-19/h5-8,11H,3-4,9-10H2,1-2H3,(H,20,24)(H,21,22,23). The molecule has 3 rings (SSSR count). The number of amidine groups is 1. The van der Waals surface area contributed by atoms with E-state index < -0.39 is 0 Å². The molecule has 2 N–H and O–H groups in total. The van der Waals surface area contributed by atoms with Crippen LogP contribution in [0.5, 0.6) is 0 Å². The summed E-state index contributed by atoms with van der Waals surface area (Å²) in [5.74, 6) is 2.52. The van der Waals surface area contributed by atoms with E-state index >= 15 is 0 Å². The van der Waals surface area contributed by atoms with Crippen molar-refractivity contribution in [3.63, 3.8) is 0 Å². The van der Waals surface area contributed by atoms with Crippen LogP contribution in [0.15, 0.2) is 35.3 Å². The number of anilines is 3. The van der Waals surface area contributed by atoms with E-state index in [2.05, 4.69) is 30.5 Å². The van der Waals surface area contributed by atoms with Crippen LogP contribution in [0.1, 0.15) is 18.7 Å². The molecule has 0 unspecified atom stereocenters. The summed E-state index contributed by atoms with van der Waals surface area (Å²) in [6.45, 7) is 4.02. The molecule has 1 aliphatic heterocycles. The summed E-state index contributed by atoms with van der Waals surface area (Å²) in [7, 11) is 0. The number of aromatic nitrogens is 2. The summed E-state index contributed by atoms with van der Waals surface area (Å²) in [6.07, 6.45) is 6.18. The van der Waals surface area contributed by atoms with Crippen LogP contribution in [-0.2, 0) is 0 Å². The van der Waals surface area contributed by atoms with Crippen LogP contribution in [-0.4, -0.2) is 34.5 Å². The Hall–Kier alpha value is -2.79. The summed E-state index contributed by atoms with van der Waals surface area (Å²) < 4.78 is 0. The van der Waals surface area contributed by atoms with Crippen molar-refractivity contribution in [2.24, 2.45) is 4.99 Å². The molecule has 2 aromatic rings. The van der Waals surface area contributed by atoms with Gasteiger partial charge in [-0.1, -0.05) is 11.8 Å². The van der Waals surface area contributed by atoms with E-state index in [1.807, 2.05) is 49.7 Å². The summed E-state index contributed by atoms with van der Waals surface area (Å²) >= 11 is 1.39. The number of aliphatic imine (C=N–C) groups is 1. The third-order valence-electron chi connectivity index (χ3n) is 3.98. The van der Waals surface area contributed by atoms with Crippen molar-refractivity contribution in [1.29, 1.82) is 5.26 Å². The topological polar surface area (TPSA) is 89.2 Å². The molecule has 0 amide bonds. The van der Waals surface area contributed by atoms with Gasteiger partial charge in [-0.2, -0.15) is 5.26 Å². The van der Waals surface area contributed by atoms with Gasteiger partial charge in [0.2, 0.25) is 0 Å². The number of nitrogens with one attached hydrogen (secondary N) is 2. The van der Waals surface area contributed by atoms with Crippen LogP contribution < -0.4 is 15.5 Å². The molecule has 26 heavy (non-hydrogen) atoms. The van der Waals surface area contributed by atoms with Gasteiger partial charge in [0.25, 0.3) is 0 Å². The Balaban J connectivity index is 1.74. The molecule has 0 bridgehead atoms. The van der Waals surface area contributed by atoms with Crippen LogP contribution in [0.3, 0.4) is 0 Å². The molecule has 1 aromatic heterocycles. The van der Waals surface area contributed by atoms with Crippen molar-refractivity contribution in [2.75, 3.05) is 29.6 Å². The van der Waals surface area contributed by atoms with Crippen molar-refractivity contribution in [3.05, 3.63) is 36.2 Å². The number of nitrogens with zero attached hydrogens (tertiary/aromatic N) is 5. The lowest BCUT2D eigenvalue weighted by Crippen LogP contribution is -2.19. The number of aryl methyl sites for hydroxylation is 1. The second-order valence-electron chi connectivity index (χ2n) is 5.88. The van der Waals surface area contributed by atoms with E-state index in [9.17, 15) is 0 Å². The Kier molecular flexibility index (Phi) is 5.92. The molecular weight excluding hydrogens is 346 g/mol. The fourth-order valence-corrected chi connectivity index (χ4v) is 3.13. The molecule has 0 aliphatic carbocycles. The Morgan fingerprint density at radius 2 is 1.96 bits per heavy atom. The molecule has 134 valence electrons. The fourth-order valence-electron chi connectivity index (χ4n) is 2.78. The summed E-state index contributed by atoms with van der Waals surface area (Å²) in [4.78, 5) is 15.7. The van der Waals surface area contributed by atoms with Crippen molar-refractivity contribution in [3.8, 4) is 6.19 Å². The van der Waals surface area contributed by atoms with Crippen LogP contribution >= 0.6 is 11.8 Å². The highest BCUT2D eigenvalue weighted by molar-refractivity contribution is 8.13. The van der Waals surface area contributed by atoms with Gasteiger partial charge in [-0.3, -0.25) is 5.32 Å². The van der Waals surface area contributed by atoms with E-state index in [0.717, 1.165) is 41.9 Å². The number of thioether (sulfide) groups is 1. The van der Waals surface area contributed by atoms with E-state index in [0.29, 0.717) is 5.17 Å². The highest BCUT2D eigenvalue weighted by atomic mass is 32.2. The zero-order valence-corrected chi connectivity index (χ0v) is 15.7. The van der Waals surface area contributed by atoms with E-state index in [1.165, 1.54) is 24.6 Å². The lowest BCUT2D eigenvalue weighted by molar-refractivity contribution is 0.912. The maximum Gasteiger partial charge on any atom is 0.183 e. The first-order valence-electron chi connectivity index (χ1n) is 8.43. The summed E-state index contributed by atoms with van der Waals surface area (Å²) in [6, 6.07) is 9.67. The Morgan fingerprint density at radius 3 is 2.62 bits per heavy atom. The maximum absolute atomic E-state index is 8.70. The molecule has 1 fully saturated rings. The zero-order chi connectivity index (χ0) is 18.4. The number of nitriles is 1. The van der Waals surface area contributed by atoms with Crippen molar-refractivity contribution in [1.82, 2.24) is 15.3 Å².